The maximum Gasteiger partial charge on any atom is 0.339 e. The van der Waals surface area contributed by atoms with E-state index in [-0.39, 0.29) is 5.91 Å². The molecule has 1 saturated heterocycles. The Balaban J connectivity index is 1.91. The molecule has 172 valence electrons. The van der Waals surface area contributed by atoms with E-state index in [1.54, 1.807) is 18.2 Å². The van der Waals surface area contributed by atoms with Crippen LogP contribution in [0.4, 0.5) is 5.69 Å². The van der Waals surface area contributed by atoms with E-state index in [2.05, 4.69) is 46.2 Å². The van der Waals surface area contributed by atoms with Crippen molar-refractivity contribution in [1.29, 1.82) is 0 Å². The molecule has 2 aromatic rings. The van der Waals surface area contributed by atoms with Crippen LogP contribution in [-0.2, 0) is 4.74 Å². The van der Waals surface area contributed by atoms with E-state index in [4.69, 9.17) is 9.47 Å². The standard InChI is InChI=1S/C25H31BrN2O4/c1-4-5-14-32-23-9-6-18(17-10-12-28(2)13-11-17)15-21(23)24(29)27-22-16-19(26)7-8-20(22)25(30)31-3/h6-9,15-17H,4-5,10-14H2,1-3H3,(H,27,29). The van der Waals surface area contributed by atoms with Crippen LogP contribution in [-0.4, -0.2) is 50.6 Å². The van der Waals surface area contributed by atoms with Crippen LogP contribution in [0.25, 0.3) is 0 Å². The zero-order chi connectivity index (χ0) is 23.1. The fourth-order valence-electron chi connectivity index (χ4n) is 3.87. The number of carbonyl (C=O) groups is 2. The van der Waals surface area contributed by atoms with Crippen molar-refractivity contribution in [3.8, 4) is 5.75 Å². The summed E-state index contributed by atoms with van der Waals surface area (Å²) in [6, 6.07) is 11.0. The number of likely N-dealkylation sites (tertiary alicyclic amines) is 1. The molecular formula is C25H31BrN2O4. The average molecular weight is 503 g/mol. The van der Waals surface area contributed by atoms with Crippen molar-refractivity contribution in [2.45, 2.75) is 38.5 Å². The fraction of sp³-hybridized carbons (Fsp3) is 0.440. The Bertz CT molecular complexity index is 955. The Kier molecular flexibility index (Phi) is 8.70. The largest absolute Gasteiger partial charge is 0.493 e. The molecule has 6 nitrogen and oxygen atoms in total. The zero-order valence-corrected chi connectivity index (χ0v) is 20.5. The van der Waals surface area contributed by atoms with Crippen LogP contribution in [0.2, 0.25) is 0 Å². The van der Waals surface area contributed by atoms with Crippen molar-refractivity contribution < 1.29 is 19.1 Å². The summed E-state index contributed by atoms with van der Waals surface area (Å²) in [6.07, 6.45) is 4.04. The number of rotatable bonds is 8. The highest BCUT2D eigenvalue weighted by Gasteiger charge is 2.23. The van der Waals surface area contributed by atoms with Gasteiger partial charge >= 0.3 is 5.97 Å². The number of ether oxygens (including phenoxy) is 2. The molecule has 1 N–H and O–H groups in total. The Hall–Kier alpha value is -2.38. The van der Waals surface area contributed by atoms with Gasteiger partial charge in [0.1, 0.15) is 5.75 Å². The number of carbonyl (C=O) groups excluding carboxylic acids is 2. The molecule has 3 rings (SSSR count). The second kappa shape index (κ2) is 11.5. The van der Waals surface area contributed by atoms with E-state index in [1.807, 2.05) is 12.1 Å². The van der Waals surface area contributed by atoms with Crippen molar-refractivity contribution in [3.05, 3.63) is 57.6 Å². The third-order valence-electron chi connectivity index (χ3n) is 5.83. The number of hydrogen-bond donors (Lipinski definition) is 1. The quantitative estimate of drug-likeness (QED) is 0.382. The third-order valence-corrected chi connectivity index (χ3v) is 6.32. The minimum atomic E-state index is -0.507. The number of nitrogens with zero attached hydrogens (tertiary/aromatic N) is 1. The zero-order valence-electron chi connectivity index (χ0n) is 18.9. The van der Waals surface area contributed by atoms with E-state index in [0.717, 1.165) is 48.8 Å². The SMILES string of the molecule is CCCCOc1ccc(C2CCN(C)CC2)cc1C(=O)Nc1cc(Br)ccc1C(=O)OC. The number of hydrogen-bond acceptors (Lipinski definition) is 5. The number of halogens is 1. The van der Waals surface area contributed by atoms with Gasteiger partial charge in [-0.25, -0.2) is 4.79 Å². The summed E-state index contributed by atoms with van der Waals surface area (Å²) in [6.45, 7) is 4.74. The number of unbranched alkanes of at least 4 members (excludes halogenated alkanes) is 1. The first-order valence-electron chi connectivity index (χ1n) is 11.1. The summed E-state index contributed by atoms with van der Waals surface area (Å²) in [4.78, 5) is 27.9. The Morgan fingerprint density at radius 2 is 1.88 bits per heavy atom. The van der Waals surface area contributed by atoms with Crippen LogP contribution in [0.15, 0.2) is 40.9 Å². The van der Waals surface area contributed by atoms with E-state index in [1.165, 1.54) is 7.11 Å². The van der Waals surface area contributed by atoms with Crippen LogP contribution < -0.4 is 10.1 Å². The molecule has 0 unspecified atom stereocenters. The summed E-state index contributed by atoms with van der Waals surface area (Å²) in [5.74, 6) is 0.156. The van der Waals surface area contributed by atoms with Gasteiger partial charge in [-0.15, -0.1) is 0 Å². The first-order valence-corrected chi connectivity index (χ1v) is 11.9. The van der Waals surface area contributed by atoms with Gasteiger partial charge in [0.25, 0.3) is 5.91 Å². The molecule has 0 aliphatic carbocycles. The molecule has 1 fully saturated rings. The van der Waals surface area contributed by atoms with Gasteiger partial charge in [-0.2, -0.15) is 0 Å². The van der Waals surface area contributed by atoms with Crippen molar-refractivity contribution in [3.63, 3.8) is 0 Å². The van der Waals surface area contributed by atoms with Gasteiger partial charge in [0.05, 0.1) is 30.5 Å². The Morgan fingerprint density at radius 1 is 1.12 bits per heavy atom. The van der Waals surface area contributed by atoms with Crippen molar-refractivity contribution in [2.24, 2.45) is 0 Å². The average Bonchev–Trinajstić information content (AvgIpc) is 2.79. The molecule has 32 heavy (non-hydrogen) atoms. The van der Waals surface area contributed by atoms with E-state index in [9.17, 15) is 9.59 Å². The summed E-state index contributed by atoms with van der Waals surface area (Å²) >= 11 is 3.41. The van der Waals surface area contributed by atoms with Crippen LogP contribution >= 0.6 is 15.9 Å². The minimum Gasteiger partial charge on any atom is -0.493 e. The molecule has 1 aliphatic rings. The van der Waals surface area contributed by atoms with Gasteiger partial charge in [-0.3, -0.25) is 4.79 Å². The highest BCUT2D eigenvalue weighted by Crippen LogP contribution is 2.32. The lowest BCUT2D eigenvalue weighted by Crippen LogP contribution is -2.29. The molecule has 0 spiro atoms. The lowest BCUT2D eigenvalue weighted by molar-refractivity contribution is 0.0602. The molecule has 2 aromatic carbocycles. The number of benzene rings is 2. The molecule has 0 saturated carbocycles. The number of methoxy groups -OCH3 is 1. The Labute approximate surface area is 198 Å². The molecule has 1 heterocycles. The highest BCUT2D eigenvalue weighted by molar-refractivity contribution is 9.10. The van der Waals surface area contributed by atoms with Gasteiger partial charge in [0, 0.05) is 4.47 Å². The molecular weight excluding hydrogens is 472 g/mol. The molecule has 0 aromatic heterocycles. The van der Waals surface area contributed by atoms with Gasteiger partial charge in [0.15, 0.2) is 0 Å². The Morgan fingerprint density at radius 3 is 2.56 bits per heavy atom. The minimum absolute atomic E-state index is 0.295. The number of piperidine rings is 1. The summed E-state index contributed by atoms with van der Waals surface area (Å²) in [5.41, 5.74) is 2.31. The van der Waals surface area contributed by atoms with Crippen molar-refractivity contribution >= 4 is 33.5 Å². The van der Waals surface area contributed by atoms with Crippen LogP contribution in [0, 0.1) is 0 Å². The lowest BCUT2D eigenvalue weighted by atomic mass is 9.88. The number of esters is 1. The van der Waals surface area contributed by atoms with E-state index < -0.39 is 5.97 Å². The number of nitrogens with one attached hydrogen (secondary N) is 1. The smallest absolute Gasteiger partial charge is 0.339 e. The monoisotopic (exact) mass is 502 g/mol. The lowest BCUT2D eigenvalue weighted by Gasteiger charge is -2.29. The number of amides is 1. The van der Waals surface area contributed by atoms with Gasteiger partial charge in [-0.05, 0) is 81.2 Å². The maximum absolute atomic E-state index is 13.4. The first-order chi connectivity index (χ1) is 15.4. The van der Waals surface area contributed by atoms with Gasteiger partial charge in [0.2, 0.25) is 0 Å². The molecule has 1 aliphatic heterocycles. The summed E-state index contributed by atoms with van der Waals surface area (Å²) in [5, 5.41) is 2.89. The number of anilines is 1. The van der Waals surface area contributed by atoms with Crippen LogP contribution in [0.5, 0.6) is 5.75 Å². The fourth-order valence-corrected chi connectivity index (χ4v) is 4.23. The van der Waals surface area contributed by atoms with Gasteiger partial charge in [-0.1, -0.05) is 35.3 Å². The summed E-state index contributed by atoms with van der Waals surface area (Å²) < 4.78 is 11.6. The predicted octanol–water partition coefficient (Wildman–Crippen LogP) is 5.48. The maximum atomic E-state index is 13.4. The normalized spacial score (nSPS) is 14.8. The van der Waals surface area contributed by atoms with Crippen molar-refractivity contribution in [1.82, 2.24) is 4.90 Å². The van der Waals surface area contributed by atoms with Crippen molar-refractivity contribution in [2.75, 3.05) is 39.2 Å². The van der Waals surface area contributed by atoms with E-state index >= 15 is 0 Å². The highest BCUT2D eigenvalue weighted by atomic mass is 79.9. The first kappa shape index (κ1) is 24.3. The predicted molar refractivity (Wildman–Crippen MR) is 130 cm³/mol. The molecule has 1 amide bonds. The molecule has 7 heteroatoms. The molecule has 0 atom stereocenters. The topological polar surface area (TPSA) is 67.9 Å². The third kappa shape index (κ3) is 6.11. The van der Waals surface area contributed by atoms with E-state index in [0.29, 0.717) is 35.1 Å². The summed E-state index contributed by atoms with van der Waals surface area (Å²) in [7, 11) is 3.46. The van der Waals surface area contributed by atoms with Gasteiger partial charge < -0.3 is 19.7 Å². The van der Waals surface area contributed by atoms with Crippen LogP contribution in [0.3, 0.4) is 0 Å². The second-order valence-corrected chi connectivity index (χ2v) is 9.09. The molecule has 0 bridgehead atoms. The second-order valence-electron chi connectivity index (χ2n) is 8.17. The molecule has 0 radical (unpaired) electrons. The van der Waals surface area contributed by atoms with Crippen LogP contribution in [0.1, 0.15) is 64.8 Å².